The maximum Gasteiger partial charge on any atom is 0.271 e. The van der Waals surface area contributed by atoms with Crippen LogP contribution in [0.15, 0.2) is 90.0 Å². The minimum atomic E-state index is -0.223. The lowest BCUT2D eigenvalue weighted by molar-refractivity contribution is 0.0955. The Morgan fingerprint density at radius 3 is 2.36 bits per heavy atom. The molecular formula is C33H35ClN4O. The molecule has 0 aliphatic carbocycles. The highest BCUT2D eigenvalue weighted by Crippen LogP contribution is 2.26. The second-order valence-corrected chi connectivity index (χ2v) is 10.8. The van der Waals surface area contributed by atoms with E-state index in [0.717, 1.165) is 48.2 Å². The quantitative estimate of drug-likeness (QED) is 0.194. The van der Waals surface area contributed by atoms with Gasteiger partial charge < -0.3 is 4.57 Å². The summed E-state index contributed by atoms with van der Waals surface area (Å²) in [7, 11) is 0. The van der Waals surface area contributed by atoms with Gasteiger partial charge in [-0.1, -0.05) is 66.2 Å². The molecule has 4 aromatic rings. The van der Waals surface area contributed by atoms with E-state index >= 15 is 0 Å². The number of hydrogen-bond donors (Lipinski definition) is 1. The molecule has 0 unspecified atom stereocenters. The topological polar surface area (TPSA) is 49.6 Å². The molecule has 5 nitrogen and oxygen atoms in total. The molecule has 1 aromatic heterocycles. The van der Waals surface area contributed by atoms with Gasteiger partial charge in [-0.2, -0.15) is 5.10 Å². The van der Waals surface area contributed by atoms with Crippen molar-refractivity contribution in [2.45, 2.75) is 39.7 Å². The Labute approximate surface area is 236 Å². The highest BCUT2D eigenvalue weighted by Gasteiger charge is 2.19. The summed E-state index contributed by atoms with van der Waals surface area (Å²) in [5.41, 5.74) is 9.83. The van der Waals surface area contributed by atoms with Crippen LogP contribution < -0.4 is 5.43 Å². The molecule has 3 aromatic carbocycles. The molecule has 1 saturated heterocycles. The predicted octanol–water partition coefficient (Wildman–Crippen LogP) is 6.97. The van der Waals surface area contributed by atoms with Crippen molar-refractivity contribution in [3.05, 3.63) is 124 Å². The van der Waals surface area contributed by atoms with Crippen molar-refractivity contribution in [1.29, 1.82) is 0 Å². The molecule has 1 aliphatic heterocycles. The Morgan fingerprint density at radius 1 is 0.949 bits per heavy atom. The Balaban J connectivity index is 1.12. The number of halogens is 1. The Bertz CT molecular complexity index is 1430. The van der Waals surface area contributed by atoms with Crippen LogP contribution in [0, 0.1) is 19.8 Å². The van der Waals surface area contributed by atoms with Gasteiger partial charge in [0.1, 0.15) is 0 Å². The van der Waals surface area contributed by atoms with Crippen LogP contribution in [-0.4, -0.2) is 34.7 Å². The van der Waals surface area contributed by atoms with Crippen molar-refractivity contribution in [2.24, 2.45) is 11.0 Å². The zero-order valence-corrected chi connectivity index (χ0v) is 23.4. The number of carbonyl (C=O) groups is 1. The molecule has 1 N–H and O–H groups in total. The van der Waals surface area contributed by atoms with Gasteiger partial charge in [-0.05, 0) is 93.6 Å². The van der Waals surface area contributed by atoms with Gasteiger partial charge in [0.25, 0.3) is 5.91 Å². The molecule has 200 valence electrons. The molecule has 1 aliphatic rings. The molecule has 1 amide bonds. The average Bonchev–Trinajstić information content (AvgIpc) is 3.23. The summed E-state index contributed by atoms with van der Waals surface area (Å²) in [6.07, 6.45) is 5.32. The zero-order chi connectivity index (χ0) is 27.2. The first-order valence-corrected chi connectivity index (χ1v) is 14.0. The summed E-state index contributed by atoms with van der Waals surface area (Å²) in [5.74, 6) is 0.539. The van der Waals surface area contributed by atoms with Crippen molar-refractivity contribution in [3.63, 3.8) is 0 Å². The normalized spacial score (nSPS) is 14.6. The molecular weight excluding hydrogens is 504 g/mol. The Kier molecular flexibility index (Phi) is 8.60. The number of aryl methyl sites for hydroxylation is 1. The van der Waals surface area contributed by atoms with Crippen molar-refractivity contribution < 1.29 is 4.79 Å². The molecule has 1 fully saturated rings. The van der Waals surface area contributed by atoms with E-state index in [1.54, 1.807) is 6.21 Å². The third kappa shape index (κ3) is 6.67. The number of carbonyl (C=O) groups excluding carboxylic acids is 1. The second kappa shape index (κ2) is 12.5. The fourth-order valence-electron chi connectivity index (χ4n) is 5.46. The van der Waals surface area contributed by atoms with Gasteiger partial charge in [-0.25, -0.2) is 5.43 Å². The standard InChI is InChI=1S/C33H35ClN4O/c1-24-20-30(25(2)38(24)32-11-7-6-10-31(32)34)22-35-36-33(39)29-14-12-28(13-15-29)23-37-18-16-27(17-19-37)21-26-8-4-3-5-9-26/h3-15,20,22,27H,16-19,21,23H2,1-2H3,(H,36,39)/b35-22-. The highest BCUT2D eigenvalue weighted by molar-refractivity contribution is 6.32. The Morgan fingerprint density at radius 2 is 1.64 bits per heavy atom. The van der Waals surface area contributed by atoms with Crippen molar-refractivity contribution in [3.8, 4) is 5.69 Å². The monoisotopic (exact) mass is 538 g/mol. The number of likely N-dealkylation sites (tertiary alicyclic amines) is 1. The number of aromatic nitrogens is 1. The predicted molar refractivity (Wildman–Crippen MR) is 160 cm³/mol. The number of piperidine rings is 1. The molecule has 2 heterocycles. The Hall–Kier alpha value is -3.67. The van der Waals surface area contributed by atoms with E-state index in [4.69, 9.17) is 11.6 Å². The maximum atomic E-state index is 12.7. The van der Waals surface area contributed by atoms with Gasteiger partial charge in [-0.3, -0.25) is 9.69 Å². The van der Waals surface area contributed by atoms with E-state index in [9.17, 15) is 4.79 Å². The first-order chi connectivity index (χ1) is 19.0. The van der Waals surface area contributed by atoms with E-state index < -0.39 is 0 Å². The number of hydrogen-bond acceptors (Lipinski definition) is 3. The number of benzene rings is 3. The molecule has 0 radical (unpaired) electrons. The number of amides is 1. The van der Waals surface area contributed by atoms with Crippen LogP contribution in [0.3, 0.4) is 0 Å². The number of rotatable bonds is 8. The maximum absolute atomic E-state index is 12.7. The van der Waals surface area contributed by atoms with E-state index in [2.05, 4.69) is 50.3 Å². The fourth-order valence-corrected chi connectivity index (χ4v) is 5.68. The van der Waals surface area contributed by atoms with Crippen LogP contribution in [-0.2, 0) is 13.0 Å². The van der Waals surface area contributed by atoms with Gasteiger partial charge >= 0.3 is 0 Å². The average molecular weight is 539 g/mol. The van der Waals surface area contributed by atoms with E-state index in [0.29, 0.717) is 10.6 Å². The third-order valence-corrected chi connectivity index (χ3v) is 7.95. The molecule has 0 spiro atoms. The van der Waals surface area contributed by atoms with Crippen molar-refractivity contribution in [1.82, 2.24) is 14.9 Å². The zero-order valence-electron chi connectivity index (χ0n) is 22.6. The largest absolute Gasteiger partial charge is 0.316 e. The van der Waals surface area contributed by atoms with Crippen LogP contribution >= 0.6 is 11.6 Å². The molecule has 6 heteroatoms. The molecule has 5 rings (SSSR count). The number of nitrogens with one attached hydrogen (secondary N) is 1. The van der Waals surface area contributed by atoms with Crippen LogP contribution in [0.1, 0.15) is 51.3 Å². The number of para-hydroxylation sites is 1. The molecule has 0 saturated carbocycles. The first kappa shape index (κ1) is 26.9. The lowest BCUT2D eigenvalue weighted by atomic mass is 9.90. The first-order valence-electron chi connectivity index (χ1n) is 13.6. The van der Waals surface area contributed by atoms with Crippen LogP contribution in [0.5, 0.6) is 0 Å². The third-order valence-electron chi connectivity index (χ3n) is 7.63. The highest BCUT2D eigenvalue weighted by atomic mass is 35.5. The summed E-state index contributed by atoms with van der Waals surface area (Å²) in [5, 5.41) is 4.91. The minimum Gasteiger partial charge on any atom is -0.316 e. The van der Waals surface area contributed by atoms with Crippen LogP contribution in [0.2, 0.25) is 5.02 Å². The minimum absolute atomic E-state index is 0.223. The summed E-state index contributed by atoms with van der Waals surface area (Å²) < 4.78 is 2.09. The van der Waals surface area contributed by atoms with Gasteiger partial charge in [0, 0.05) is 29.1 Å². The number of hydrazone groups is 1. The SMILES string of the molecule is Cc1cc(/C=N\NC(=O)c2ccc(CN3CCC(Cc4ccccc4)CC3)cc2)c(C)n1-c1ccccc1Cl. The molecule has 0 atom stereocenters. The van der Waals surface area contributed by atoms with Crippen LogP contribution in [0.25, 0.3) is 5.69 Å². The van der Waals surface area contributed by atoms with Gasteiger partial charge in [0.2, 0.25) is 0 Å². The van der Waals surface area contributed by atoms with E-state index in [-0.39, 0.29) is 5.91 Å². The van der Waals surface area contributed by atoms with E-state index in [1.165, 1.54) is 30.4 Å². The van der Waals surface area contributed by atoms with Crippen molar-refractivity contribution in [2.75, 3.05) is 13.1 Å². The molecule has 0 bridgehead atoms. The smallest absolute Gasteiger partial charge is 0.271 e. The second-order valence-electron chi connectivity index (χ2n) is 10.4. The van der Waals surface area contributed by atoms with Crippen molar-refractivity contribution >= 4 is 23.7 Å². The lowest BCUT2D eigenvalue weighted by Crippen LogP contribution is -2.33. The van der Waals surface area contributed by atoms with Crippen LogP contribution in [0.4, 0.5) is 0 Å². The van der Waals surface area contributed by atoms with Gasteiger partial charge in [0.15, 0.2) is 0 Å². The van der Waals surface area contributed by atoms with Gasteiger partial charge in [0.05, 0.1) is 16.9 Å². The fraction of sp³-hybridized carbons (Fsp3) is 0.273. The number of nitrogens with zero attached hydrogens (tertiary/aromatic N) is 3. The summed E-state index contributed by atoms with van der Waals surface area (Å²) >= 11 is 6.41. The van der Waals surface area contributed by atoms with E-state index in [1.807, 2.05) is 68.4 Å². The summed E-state index contributed by atoms with van der Waals surface area (Å²) in [4.78, 5) is 15.2. The summed E-state index contributed by atoms with van der Waals surface area (Å²) in [6.45, 7) is 7.20. The summed E-state index contributed by atoms with van der Waals surface area (Å²) in [6, 6.07) is 28.4. The lowest BCUT2D eigenvalue weighted by Gasteiger charge is -2.32. The molecule has 39 heavy (non-hydrogen) atoms. The van der Waals surface area contributed by atoms with Gasteiger partial charge in [-0.15, -0.1) is 0 Å².